The van der Waals surface area contributed by atoms with Crippen LogP contribution in [0.2, 0.25) is 0 Å². The van der Waals surface area contributed by atoms with Crippen molar-refractivity contribution in [1.29, 1.82) is 0 Å². The molecule has 15 heavy (non-hydrogen) atoms. The van der Waals surface area contributed by atoms with Crippen molar-refractivity contribution in [2.45, 2.75) is 20.0 Å². The lowest BCUT2D eigenvalue weighted by molar-refractivity contribution is -0.0199. The average Bonchev–Trinajstić information content (AvgIpc) is 2.18. The fourth-order valence-electron chi connectivity index (χ4n) is 0.932. The Kier molecular flexibility index (Phi) is 4.12. The van der Waals surface area contributed by atoms with E-state index in [1.165, 1.54) is 12.1 Å². The van der Waals surface area contributed by atoms with E-state index < -0.39 is 5.97 Å². The Labute approximate surface area is 88.4 Å². The first-order valence-corrected chi connectivity index (χ1v) is 4.67. The van der Waals surface area contributed by atoms with Gasteiger partial charge in [-0.2, -0.15) is 0 Å². The topological polar surface area (TPSA) is 55.8 Å². The number of carboxylic acid groups (broad SMARTS) is 1. The van der Waals surface area contributed by atoms with Crippen LogP contribution in [-0.4, -0.2) is 24.0 Å². The third-order valence-corrected chi connectivity index (χ3v) is 1.73. The zero-order valence-electron chi connectivity index (χ0n) is 8.77. The molecule has 4 nitrogen and oxygen atoms in total. The lowest BCUT2D eigenvalue weighted by Gasteiger charge is -2.09. The highest BCUT2D eigenvalue weighted by molar-refractivity contribution is 5.87. The SMILES string of the molecule is CC(C)OCOc1ccc(C(=O)O)cc1. The maximum absolute atomic E-state index is 10.6. The van der Waals surface area contributed by atoms with E-state index >= 15 is 0 Å². The highest BCUT2D eigenvalue weighted by atomic mass is 16.7. The second-order valence-corrected chi connectivity index (χ2v) is 3.31. The fourth-order valence-corrected chi connectivity index (χ4v) is 0.932. The standard InChI is InChI=1S/C11H14O4/c1-8(2)14-7-15-10-5-3-9(4-6-10)11(12)13/h3-6,8H,7H2,1-2H3,(H,12,13). The van der Waals surface area contributed by atoms with E-state index in [4.69, 9.17) is 14.6 Å². The van der Waals surface area contributed by atoms with Gasteiger partial charge in [-0.05, 0) is 38.1 Å². The lowest BCUT2D eigenvalue weighted by Crippen LogP contribution is -2.09. The van der Waals surface area contributed by atoms with Crippen LogP contribution in [-0.2, 0) is 4.74 Å². The maximum atomic E-state index is 10.6. The number of carboxylic acids is 1. The van der Waals surface area contributed by atoms with Crippen LogP contribution < -0.4 is 4.74 Å². The van der Waals surface area contributed by atoms with E-state index in [0.717, 1.165) is 0 Å². The van der Waals surface area contributed by atoms with E-state index in [2.05, 4.69) is 0 Å². The molecule has 0 aliphatic rings. The smallest absolute Gasteiger partial charge is 0.335 e. The molecular weight excluding hydrogens is 196 g/mol. The number of benzene rings is 1. The number of hydrogen-bond acceptors (Lipinski definition) is 3. The summed E-state index contributed by atoms with van der Waals surface area (Å²) < 4.78 is 10.4. The third-order valence-electron chi connectivity index (χ3n) is 1.73. The molecule has 1 aromatic carbocycles. The number of hydrogen-bond donors (Lipinski definition) is 1. The molecule has 1 aromatic rings. The summed E-state index contributed by atoms with van der Waals surface area (Å²) in [6, 6.07) is 6.19. The second-order valence-electron chi connectivity index (χ2n) is 3.31. The van der Waals surface area contributed by atoms with Crippen molar-refractivity contribution >= 4 is 5.97 Å². The van der Waals surface area contributed by atoms with Crippen LogP contribution in [0, 0.1) is 0 Å². The molecule has 0 radical (unpaired) electrons. The molecule has 0 aliphatic heterocycles. The number of ether oxygens (including phenoxy) is 2. The van der Waals surface area contributed by atoms with E-state index in [1.807, 2.05) is 13.8 Å². The molecule has 0 amide bonds. The molecule has 0 fully saturated rings. The summed E-state index contributed by atoms with van der Waals surface area (Å²) in [7, 11) is 0. The summed E-state index contributed by atoms with van der Waals surface area (Å²) in [5.41, 5.74) is 0.243. The zero-order chi connectivity index (χ0) is 11.3. The Balaban J connectivity index is 2.46. The third kappa shape index (κ3) is 3.99. The number of rotatable bonds is 5. The van der Waals surface area contributed by atoms with Gasteiger partial charge in [0.2, 0.25) is 0 Å². The van der Waals surface area contributed by atoms with Gasteiger partial charge in [0.25, 0.3) is 0 Å². The Hall–Kier alpha value is -1.55. The monoisotopic (exact) mass is 210 g/mol. The van der Waals surface area contributed by atoms with Crippen molar-refractivity contribution in [3.05, 3.63) is 29.8 Å². The predicted octanol–water partition coefficient (Wildman–Crippen LogP) is 2.15. The Morgan fingerprint density at radius 2 is 1.93 bits per heavy atom. The lowest BCUT2D eigenvalue weighted by atomic mass is 10.2. The summed E-state index contributed by atoms with van der Waals surface area (Å²) in [4.78, 5) is 10.6. The van der Waals surface area contributed by atoms with E-state index in [1.54, 1.807) is 12.1 Å². The first-order chi connectivity index (χ1) is 7.09. The molecule has 0 spiro atoms. The molecule has 0 saturated carbocycles. The van der Waals surface area contributed by atoms with Crippen molar-refractivity contribution in [1.82, 2.24) is 0 Å². The Morgan fingerprint density at radius 1 is 1.33 bits per heavy atom. The van der Waals surface area contributed by atoms with Gasteiger partial charge >= 0.3 is 5.97 Å². The molecule has 0 bridgehead atoms. The second kappa shape index (κ2) is 5.36. The van der Waals surface area contributed by atoms with Gasteiger partial charge in [0.15, 0.2) is 6.79 Å². The van der Waals surface area contributed by atoms with Crippen LogP contribution >= 0.6 is 0 Å². The van der Waals surface area contributed by atoms with Crippen LogP contribution in [0.3, 0.4) is 0 Å². The van der Waals surface area contributed by atoms with Crippen molar-refractivity contribution in [2.24, 2.45) is 0 Å². The number of carbonyl (C=O) groups is 1. The van der Waals surface area contributed by atoms with E-state index in [-0.39, 0.29) is 18.5 Å². The molecule has 4 heteroatoms. The minimum atomic E-state index is -0.944. The molecular formula is C11H14O4. The van der Waals surface area contributed by atoms with Gasteiger partial charge in [-0.25, -0.2) is 4.79 Å². The first-order valence-electron chi connectivity index (χ1n) is 4.67. The van der Waals surface area contributed by atoms with Gasteiger partial charge in [0, 0.05) is 0 Å². The molecule has 1 N–H and O–H groups in total. The Bertz CT molecular complexity index is 316. The van der Waals surface area contributed by atoms with Gasteiger partial charge < -0.3 is 14.6 Å². The summed E-state index contributed by atoms with van der Waals surface area (Å²) in [6.07, 6.45) is 0.114. The van der Waals surface area contributed by atoms with Crippen LogP contribution in [0.1, 0.15) is 24.2 Å². The minimum absolute atomic E-state index is 0.114. The number of aromatic carboxylic acids is 1. The zero-order valence-corrected chi connectivity index (χ0v) is 8.77. The van der Waals surface area contributed by atoms with Gasteiger partial charge in [-0.3, -0.25) is 0 Å². The largest absolute Gasteiger partial charge is 0.478 e. The highest BCUT2D eigenvalue weighted by Gasteiger charge is 2.02. The van der Waals surface area contributed by atoms with Gasteiger partial charge in [0.05, 0.1) is 11.7 Å². The molecule has 0 aromatic heterocycles. The summed E-state index contributed by atoms with van der Waals surface area (Å²) in [5, 5.41) is 8.66. The van der Waals surface area contributed by atoms with Crippen LogP contribution in [0.4, 0.5) is 0 Å². The summed E-state index contributed by atoms with van der Waals surface area (Å²) in [6.45, 7) is 4.00. The van der Waals surface area contributed by atoms with Crippen molar-refractivity contribution in [3.63, 3.8) is 0 Å². The molecule has 0 atom stereocenters. The summed E-state index contributed by atoms with van der Waals surface area (Å²) in [5.74, 6) is -0.347. The first kappa shape index (κ1) is 11.5. The minimum Gasteiger partial charge on any atom is -0.478 e. The molecule has 82 valence electrons. The molecule has 0 heterocycles. The molecule has 1 rings (SSSR count). The van der Waals surface area contributed by atoms with Crippen molar-refractivity contribution in [2.75, 3.05) is 6.79 Å². The van der Waals surface area contributed by atoms with Gasteiger partial charge in [0.1, 0.15) is 5.75 Å². The van der Waals surface area contributed by atoms with Crippen molar-refractivity contribution in [3.8, 4) is 5.75 Å². The highest BCUT2D eigenvalue weighted by Crippen LogP contribution is 2.12. The van der Waals surface area contributed by atoms with E-state index in [0.29, 0.717) is 5.75 Å². The van der Waals surface area contributed by atoms with Crippen molar-refractivity contribution < 1.29 is 19.4 Å². The molecule has 0 unspecified atom stereocenters. The van der Waals surface area contributed by atoms with Crippen LogP contribution in [0.5, 0.6) is 5.75 Å². The Morgan fingerprint density at radius 3 is 2.40 bits per heavy atom. The quantitative estimate of drug-likeness (QED) is 0.756. The van der Waals surface area contributed by atoms with Gasteiger partial charge in [-0.15, -0.1) is 0 Å². The average molecular weight is 210 g/mol. The predicted molar refractivity (Wildman–Crippen MR) is 55.1 cm³/mol. The molecule has 0 aliphatic carbocycles. The van der Waals surface area contributed by atoms with E-state index in [9.17, 15) is 4.79 Å². The maximum Gasteiger partial charge on any atom is 0.335 e. The van der Waals surface area contributed by atoms with Gasteiger partial charge in [-0.1, -0.05) is 0 Å². The normalized spacial score (nSPS) is 10.3. The fraction of sp³-hybridized carbons (Fsp3) is 0.364. The summed E-state index contributed by atoms with van der Waals surface area (Å²) >= 11 is 0. The molecule has 0 saturated heterocycles. The van der Waals surface area contributed by atoms with Crippen LogP contribution in [0.15, 0.2) is 24.3 Å². The van der Waals surface area contributed by atoms with Crippen LogP contribution in [0.25, 0.3) is 0 Å².